The Balaban J connectivity index is 3.04. The Kier molecular flexibility index (Phi) is 5.46. The van der Waals surface area contributed by atoms with E-state index in [4.69, 9.17) is 0 Å². The predicted octanol–water partition coefficient (Wildman–Crippen LogP) is 5.52. The molecule has 1 rings (SSSR count). The molecule has 0 unspecified atom stereocenters. The molecule has 0 heterocycles. The van der Waals surface area contributed by atoms with Crippen LogP contribution in [0, 0.1) is 5.41 Å². The minimum absolute atomic E-state index is 0.0724. The third kappa shape index (κ3) is 4.32. The largest absolute Gasteiger partial charge is 0.416 e. The number of hydrogen-bond donors (Lipinski definition) is 0. The van der Waals surface area contributed by atoms with E-state index in [1.165, 1.54) is 6.07 Å². The van der Waals surface area contributed by atoms with Crippen molar-refractivity contribution in [3.05, 3.63) is 35.4 Å². The van der Waals surface area contributed by atoms with E-state index in [-0.39, 0.29) is 5.78 Å². The quantitative estimate of drug-likeness (QED) is 0.594. The maximum Gasteiger partial charge on any atom is 0.416 e. The lowest BCUT2D eigenvalue weighted by Crippen LogP contribution is -2.31. The van der Waals surface area contributed by atoms with Gasteiger partial charge in [-0.3, -0.25) is 4.79 Å². The third-order valence-corrected chi connectivity index (χ3v) is 5.49. The van der Waals surface area contributed by atoms with E-state index in [1.54, 1.807) is 26.8 Å². The van der Waals surface area contributed by atoms with E-state index >= 15 is 0 Å². The molecule has 0 amide bonds. The van der Waals surface area contributed by atoms with E-state index in [2.05, 4.69) is 31.9 Å². The summed E-state index contributed by atoms with van der Waals surface area (Å²) in [5, 5.41) is 0. The van der Waals surface area contributed by atoms with Crippen LogP contribution in [-0.4, -0.2) is 10.6 Å². The number of carbonyl (C=O) groups is 1. The molecule has 2 atom stereocenters. The molecule has 20 heavy (non-hydrogen) atoms. The Hall–Kier alpha value is -0.360. The first-order valence-electron chi connectivity index (χ1n) is 5.94. The number of benzene rings is 1. The van der Waals surface area contributed by atoms with E-state index < -0.39 is 26.8 Å². The Bertz CT molecular complexity index is 492. The lowest BCUT2D eigenvalue weighted by Gasteiger charge is -2.24. The molecule has 0 fully saturated rings. The molecule has 0 aliphatic heterocycles. The number of carbonyl (C=O) groups excluding carboxylic acids is 1. The van der Waals surface area contributed by atoms with Gasteiger partial charge >= 0.3 is 6.18 Å². The second-order valence-corrected chi connectivity index (χ2v) is 7.51. The zero-order chi connectivity index (χ0) is 15.7. The summed E-state index contributed by atoms with van der Waals surface area (Å²) in [7, 11) is 0. The molecule has 6 heteroatoms. The average Bonchev–Trinajstić information content (AvgIpc) is 2.34. The molecule has 112 valence electrons. The van der Waals surface area contributed by atoms with E-state index in [1.807, 2.05) is 0 Å². The van der Waals surface area contributed by atoms with Crippen molar-refractivity contribution in [1.29, 1.82) is 0 Å². The summed E-state index contributed by atoms with van der Waals surface area (Å²) < 4.78 is 38.1. The Morgan fingerprint density at radius 1 is 1.15 bits per heavy atom. The molecule has 1 nitrogen and oxygen atoms in total. The number of halogens is 5. The standard InChI is InChI=1S/C14H15Br2F3O/c1-13(2,3)12(20)11(16)10(15)8-5-4-6-9(7-8)14(17,18)19/h4-7,10-11H,1-3H3/t10-,11+/m1/s1. The highest BCUT2D eigenvalue weighted by molar-refractivity contribution is 9.12. The molecule has 0 aliphatic rings. The van der Waals surface area contributed by atoms with Crippen molar-refractivity contribution in [2.45, 2.75) is 36.6 Å². The molecule has 0 aromatic heterocycles. The van der Waals surface area contributed by atoms with Crippen LogP contribution in [0.3, 0.4) is 0 Å². The first-order valence-corrected chi connectivity index (χ1v) is 7.77. The first-order chi connectivity index (χ1) is 8.94. The van der Waals surface area contributed by atoms with Crippen molar-refractivity contribution in [3.63, 3.8) is 0 Å². The van der Waals surface area contributed by atoms with Crippen LogP contribution in [0.5, 0.6) is 0 Å². The molecule has 1 aromatic rings. The van der Waals surface area contributed by atoms with Crippen molar-refractivity contribution in [2.75, 3.05) is 0 Å². The van der Waals surface area contributed by atoms with Gasteiger partial charge in [0.1, 0.15) is 0 Å². The van der Waals surface area contributed by atoms with Gasteiger partial charge in [0, 0.05) is 5.41 Å². The molecule has 0 spiro atoms. The smallest absolute Gasteiger partial charge is 0.298 e. The van der Waals surface area contributed by atoms with E-state index in [9.17, 15) is 18.0 Å². The van der Waals surface area contributed by atoms with Gasteiger partial charge in [-0.2, -0.15) is 13.2 Å². The molecule has 0 bridgehead atoms. The van der Waals surface area contributed by atoms with Gasteiger partial charge in [0.05, 0.1) is 15.2 Å². The number of Topliss-reactive ketones (excluding diaryl/α,β-unsaturated/α-hetero) is 1. The molecular formula is C14H15Br2F3O. The van der Waals surface area contributed by atoms with Crippen LogP contribution in [0.2, 0.25) is 0 Å². The summed E-state index contributed by atoms with van der Waals surface area (Å²) in [5.41, 5.74) is -0.872. The van der Waals surface area contributed by atoms with Crippen molar-refractivity contribution in [3.8, 4) is 0 Å². The monoisotopic (exact) mass is 414 g/mol. The summed E-state index contributed by atoms with van der Waals surface area (Å²) in [6.07, 6.45) is -4.39. The maximum absolute atomic E-state index is 12.7. The normalized spacial score (nSPS) is 15.8. The second-order valence-electron chi connectivity index (χ2n) is 5.54. The zero-order valence-corrected chi connectivity index (χ0v) is 14.4. The van der Waals surface area contributed by atoms with Crippen LogP contribution in [-0.2, 0) is 11.0 Å². The van der Waals surface area contributed by atoms with E-state index in [0.717, 1.165) is 12.1 Å². The van der Waals surface area contributed by atoms with Crippen LogP contribution in [0.15, 0.2) is 24.3 Å². The van der Waals surface area contributed by atoms with Gasteiger partial charge < -0.3 is 0 Å². The highest BCUT2D eigenvalue weighted by atomic mass is 79.9. The Morgan fingerprint density at radius 3 is 2.15 bits per heavy atom. The average molecular weight is 416 g/mol. The minimum Gasteiger partial charge on any atom is -0.298 e. The van der Waals surface area contributed by atoms with Gasteiger partial charge in [-0.15, -0.1) is 0 Å². The van der Waals surface area contributed by atoms with Gasteiger partial charge in [-0.05, 0) is 11.6 Å². The highest BCUT2D eigenvalue weighted by Gasteiger charge is 2.35. The summed E-state index contributed by atoms with van der Waals surface area (Å²) in [5.74, 6) is -0.0724. The zero-order valence-electron chi connectivity index (χ0n) is 11.3. The number of ketones is 1. The minimum atomic E-state index is -4.39. The molecule has 0 radical (unpaired) electrons. The highest BCUT2D eigenvalue weighted by Crippen LogP contribution is 2.38. The van der Waals surface area contributed by atoms with Crippen molar-refractivity contribution < 1.29 is 18.0 Å². The lowest BCUT2D eigenvalue weighted by atomic mass is 9.87. The van der Waals surface area contributed by atoms with Gasteiger partial charge in [0.2, 0.25) is 0 Å². The summed E-state index contributed by atoms with van der Waals surface area (Å²) in [6, 6.07) is 4.98. The van der Waals surface area contributed by atoms with Crippen LogP contribution in [0.4, 0.5) is 13.2 Å². The molecule has 0 saturated carbocycles. The van der Waals surface area contributed by atoms with E-state index in [0.29, 0.717) is 5.56 Å². The number of hydrogen-bond acceptors (Lipinski definition) is 1. The summed E-state index contributed by atoms with van der Waals surface area (Å²) in [4.78, 5) is 11.1. The van der Waals surface area contributed by atoms with Crippen molar-refractivity contribution in [2.24, 2.45) is 5.41 Å². The van der Waals surface area contributed by atoms with Crippen LogP contribution >= 0.6 is 31.9 Å². The van der Waals surface area contributed by atoms with Crippen LogP contribution in [0.25, 0.3) is 0 Å². The topological polar surface area (TPSA) is 17.1 Å². The third-order valence-electron chi connectivity index (χ3n) is 2.78. The molecule has 1 aromatic carbocycles. The molecular weight excluding hydrogens is 401 g/mol. The van der Waals surface area contributed by atoms with Crippen molar-refractivity contribution >= 4 is 37.6 Å². The Morgan fingerprint density at radius 2 is 1.70 bits per heavy atom. The lowest BCUT2D eigenvalue weighted by molar-refractivity contribution is -0.137. The predicted molar refractivity (Wildman–Crippen MR) is 80.3 cm³/mol. The Labute approximate surface area is 133 Å². The van der Waals surface area contributed by atoms with Gasteiger partial charge in [0.15, 0.2) is 5.78 Å². The molecule has 0 N–H and O–H groups in total. The molecule has 0 aliphatic carbocycles. The van der Waals surface area contributed by atoms with Crippen LogP contribution in [0.1, 0.15) is 36.7 Å². The number of alkyl halides is 5. The number of rotatable bonds is 3. The molecule has 0 saturated heterocycles. The van der Waals surface area contributed by atoms with Gasteiger partial charge in [-0.1, -0.05) is 70.8 Å². The fourth-order valence-corrected chi connectivity index (χ4v) is 3.12. The first kappa shape index (κ1) is 17.7. The fourth-order valence-electron chi connectivity index (χ4n) is 1.60. The maximum atomic E-state index is 12.7. The fraction of sp³-hybridized carbons (Fsp3) is 0.500. The SMILES string of the molecule is CC(C)(C)C(=O)[C@@H](Br)[C@H](Br)c1cccc(C(F)(F)F)c1. The second kappa shape index (κ2) is 6.18. The van der Waals surface area contributed by atoms with Gasteiger partial charge in [-0.25, -0.2) is 0 Å². The van der Waals surface area contributed by atoms with Crippen LogP contribution < -0.4 is 0 Å². The summed E-state index contributed by atoms with van der Waals surface area (Å²) in [6.45, 7) is 5.32. The summed E-state index contributed by atoms with van der Waals surface area (Å²) >= 11 is 6.59. The van der Waals surface area contributed by atoms with Gasteiger partial charge in [0.25, 0.3) is 0 Å². The van der Waals surface area contributed by atoms with Crippen molar-refractivity contribution in [1.82, 2.24) is 0 Å².